The van der Waals surface area contributed by atoms with E-state index in [1.54, 1.807) is 6.20 Å². The highest BCUT2D eigenvalue weighted by atomic mass is 32.1. The first-order valence-corrected chi connectivity index (χ1v) is 9.74. The summed E-state index contributed by atoms with van der Waals surface area (Å²) in [6.45, 7) is 6.47. The van der Waals surface area contributed by atoms with E-state index in [2.05, 4.69) is 29.2 Å². The van der Waals surface area contributed by atoms with E-state index in [-0.39, 0.29) is 11.9 Å². The number of carbonyl (C=O) groups excluding carboxylic acids is 1. The van der Waals surface area contributed by atoms with E-state index in [9.17, 15) is 4.79 Å². The molecular formula is C18H24N6OS. The summed E-state index contributed by atoms with van der Waals surface area (Å²) in [4.78, 5) is 21.6. The van der Waals surface area contributed by atoms with Gasteiger partial charge >= 0.3 is 0 Å². The normalized spacial score (nSPS) is 18.2. The number of nitrogens with one attached hydrogen (secondary N) is 1. The second kappa shape index (κ2) is 6.51. The maximum Gasteiger partial charge on any atom is 0.264 e. The van der Waals surface area contributed by atoms with E-state index < -0.39 is 0 Å². The Bertz CT molecular complexity index is 952. The third-order valence-electron chi connectivity index (χ3n) is 4.96. The second-order valence-corrected chi connectivity index (χ2v) is 8.14. The number of amides is 1. The minimum Gasteiger partial charge on any atom is -0.336 e. The number of rotatable bonds is 3. The topological polar surface area (TPSA) is 68.0 Å². The summed E-state index contributed by atoms with van der Waals surface area (Å²) in [6.07, 6.45) is 3.71. The van der Waals surface area contributed by atoms with Gasteiger partial charge in [0.15, 0.2) is 0 Å². The highest BCUT2D eigenvalue weighted by Crippen LogP contribution is 2.33. The maximum atomic E-state index is 13.3. The zero-order valence-electron chi connectivity index (χ0n) is 15.6. The van der Waals surface area contributed by atoms with Crippen molar-refractivity contribution in [2.24, 2.45) is 14.1 Å². The van der Waals surface area contributed by atoms with Crippen LogP contribution in [0.15, 0.2) is 18.5 Å². The third-order valence-corrected chi connectivity index (χ3v) is 6.15. The third kappa shape index (κ3) is 2.73. The van der Waals surface area contributed by atoms with Gasteiger partial charge in [0.25, 0.3) is 5.91 Å². The van der Waals surface area contributed by atoms with Crippen molar-refractivity contribution in [3.63, 3.8) is 0 Å². The number of fused-ring (bicyclic) bond motifs is 1. The van der Waals surface area contributed by atoms with Crippen LogP contribution < -0.4 is 5.32 Å². The minimum absolute atomic E-state index is 0.0517. The molecule has 4 rings (SSSR count). The fraction of sp³-hybridized carbons (Fsp3) is 0.500. The van der Waals surface area contributed by atoms with Gasteiger partial charge in [0.2, 0.25) is 0 Å². The van der Waals surface area contributed by atoms with Gasteiger partial charge in [-0.25, -0.2) is 4.98 Å². The average molecular weight is 372 g/mol. The molecule has 3 aromatic heterocycles. The van der Waals surface area contributed by atoms with Crippen LogP contribution in [0.3, 0.4) is 0 Å². The number of imidazole rings is 1. The molecule has 0 spiro atoms. The molecule has 0 aromatic carbocycles. The lowest BCUT2D eigenvalue weighted by Crippen LogP contribution is -2.49. The molecule has 8 heteroatoms. The molecule has 0 radical (unpaired) electrons. The van der Waals surface area contributed by atoms with E-state index in [4.69, 9.17) is 0 Å². The molecule has 1 N–H and O–H groups in total. The molecule has 1 saturated heterocycles. The standard InChI is InChI=1S/C18H24N6OS/c1-11(2)15-12-9-14(26-18(12)23(4)21-15)17(25)24-8-5-19-10-13(24)16-20-6-7-22(16)3/h6-7,9,11,13,19H,5,8,10H2,1-4H3. The van der Waals surface area contributed by atoms with E-state index in [1.165, 1.54) is 11.3 Å². The molecule has 1 aliphatic rings. The summed E-state index contributed by atoms with van der Waals surface area (Å²) >= 11 is 1.53. The van der Waals surface area contributed by atoms with Crippen LogP contribution in [0.5, 0.6) is 0 Å². The fourth-order valence-electron chi connectivity index (χ4n) is 3.62. The number of carbonyl (C=O) groups is 1. The van der Waals surface area contributed by atoms with Crippen LogP contribution in [0.25, 0.3) is 10.2 Å². The summed E-state index contributed by atoms with van der Waals surface area (Å²) in [5.41, 5.74) is 1.05. The SMILES string of the molecule is CC(C)c1nn(C)c2sc(C(=O)N3CCNCC3c3nccn3C)cc12. The molecule has 1 fully saturated rings. The Hall–Kier alpha value is -2.19. The van der Waals surface area contributed by atoms with E-state index >= 15 is 0 Å². The number of aromatic nitrogens is 4. The fourth-order valence-corrected chi connectivity index (χ4v) is 4.65. The van der Waals surface area contributed by atoms with Crippen LogP contribution >= 0.6 is 11.3 Å². The van der Waals surface area contributed by atoms with Crippen molar-refractivity contribution in [1.29, 1.82) is 0 Å². The predicted molar refractivity (Wildman–Crippen MR) is 103 cm³/mol. The average Bonchev–Trinajstić information content (AvgIpc) is 3.31. The molecule has 26 heavy (non-hydrogen) atoms. The number of thiophene rings is 1. The largest absolute Gasteiger partial charge is 0.336 e. The summed E-state index contributed by atoms with van der Waals surface area (Å²) in [5.74, 6) is 1.32. The second-order valence-electron chi connectivity index (χ2n) is 7.11. The first-order chi connectivity index (χ1) is 12.5. The van der Waals surface area contributed by atoms with Gasteiger partial charge in [-0.1, -0.05) is 13.8 Å². The Morgan fingerprint density at radius 3 is 2.88 bits per heavy atom. The summed E-state index contributed by atoms with van der Waals surface area (Å²) in [7, 11) is 3.92. The van der Waals surface area contributed by atoms with Crippen LogP contribution in [0.4, 0.5) is 0 Å². The van der Waals surface area contributed by atoms with Crippen molar-refractivity contribution in [1.82, 2.24) is 29.5 Å². The van der Waals surface area contributed by atoms with Gasteiger partial charge in [-0.15, -0.1) is 11.3 Å². The van der Waals surface area contributed by atoms with E-state index in [0.717, 1.165) is 39.7 Å². The zero-order chi connectivity index (χ0) is 18.4. The molecule has 1 aliphatic heterocycles. The van der Waals surface area contributed by atoms with Gasteiger partial charge in [0, 0.05) is 51.5 Å². The molecule has 0 saturated carbocycles. The zero-order valence-corrected chi connectivity index (χ0v) is 16.4. The predicted octanol–water partition coefficient (Wildman–Crippen LogP) is 2.28. The lowest BCUT2D eigenvalue weighted by molar-refractivity contribution is 0.0626. The first-order valence-electron chi connectivity index (χ1n) is 8.92. The Kier molecular flexibility index (Phi) is 4.32. The molecule has 4 heterocycles. The van der Waals surface area contributed by atoms with Crippen molar-refractivity contribution in [3.8, 4) is 0 Å². The smallest absolute Gasteiger partial charge is 0.264 e. The lowest BCUT2D eigenvalue weighted by atomic mass is 10.1. The van der Waals surface area contributed by atoms with Gasteiger partial charge < -0.3 is 14.8 Å². The Morgan fingerprint density at radius 1 is 1.38 bits per heavy atom. The molecule has 7 nitrogen and oxygen atoms in total. The minimum atomic E-state index is -0.0517. The molecule has 138 valence electrons. The molecular weight excluding hydrogens is 348 g/mol. The van der Waals surface area contributed by atoms with Crippen LogP contribution in [0.1, 0.15) is 47.0 Å². The highest BCUT2D eigenvalue weighted by Gasteiger charge is 2.32. The summed E-state index contributed by atoms with van der Waals surface area (Å²) < 4.78 is 3.88. The van der Waals surface area contributed by atoms with Crippen LogP contribution in [0.2, 0.25) is 0 Å². The van der Waals surface area contributed by atoms with Crippen molar-refractivity contribution in [2.75, 3.05) is 19.6 Å². The van der Waals surface area contributed by atoms with Gasteiger partial charge in [0.1, 0.15) is 16.7 Å². The number of nitrogens with zero attached hydrogens (tertiary/aromatic N) is 5. The number of aryl methyl sites for hydroxylation is 2. The van der Waals surface area contributed by atoms with Crippen molar-refractivity contribution in [2.45, 2.75) is 25.8 Å². The Labute approximate surface area is 156 Å². The number of hydrogen-bond donors (Lipinski definition) is 1. The number of piperazine rings is 1. The first kappa shape index (κ1) is 17.2. The van der Waals surface area contributed by atoms with Gasteiger partial charge in [-0.05, 0) is 12.0 Å². The van der Waals surface area contributed by atoms with Crippen LogP contribution in [0, 0.1) is 0 Å². The van der Waals surface area contributed by atoms with E-state index in [1.807, 2.05) is 40.5 Å². The molecule has 1 atom stereocenters. The highest BCUT2D eigenvalue weighted by molar-refractivity contribution is 7.20. The van der Waals surface area contributed by atoms with Crippen molar-refractivity contribution < 1.29 is 4.79 Å². The Morgan fingerprint density at radius 2 is 2.19 bits per heavy atom. The summed E-state index contributed by atoms with van der Waals surface area (Å²) in [5, 5.41) is 9.09. The van der Waals surface area contributed by atoms with Gasteiger partial charge in [0.05, 0.1) is 10.6 Å². The monoisotopic (exact) mass is 372 g/mol. The van der Waals surface area contributed by atoms with Crippen molar-refractivity contribution in [3.05, 3.63) is 34.9 Å². The quantitative estimate of drug-likeness (QED) is 0.766. The number of hydrogen-bond acceptors (Lipinski definition) is 5. The summed E-state index contributed by atoms with van der Waals surface area (Å²) in [6, 6.07) is 1.96. The molecule has 3 aromatic rings. The molecule has 0 aliphatic carbocycles. The maximum absolute atomic E-state index is 13.3. The van der Waals surface area contributed by atoms with Crippen LogP contribution in [-0.4, -0.2) is 49.8 Å². The molecule has 0 bridgehead atoms. The molecule has 1 amide bonds. The van der Waals surface area contributed by atoms with Crippen LogP contribution in [-0.2, 0) is 14.1 Å². The Balaban J connectivity index is 1.71. The van der Waals surface area contributed by atoms with Gasteiger partial charge in [-0.3, -0.25) is 9.48 Å². The molecule has 1 unspecified atom stereocenters. The van der Waals surface area contributed by atoms with Gasteiger partial charge in [-0.2, -0.15) is 5.10 Å². The van der Waals surface area contributed by atoms with E-state index in [0.29, 0.717) is 12.5 Å². The lowest BCUT2D eigenvalue weighted by Gasteiger charge is -2.35. The van der Waals surface area contributed by atoms with Crippen molar-refractivity contribution >= 4 is 27.5 Å².